The van der Waals surface area contributed by atoms with Crippen LogP contribution in [-0.2, 0) is 4.79 Å². The normalized spacial score (nSPS) is 13.4. The Hall–Kier alpha value is -1.65. The molecule has 4 nitrogen and oxygen atoms in total. The van der Waals surface area contributed by atoms with Gasteiger partial charge in [-0.1, -0.05) is 217 Å². The number of carbonyl (C=O) groups is 1. The van der Waals surface area contributed by atoms with E-state index in [0.29, 0.717) is 12.8 Å². The highest BCUT2D eigenvalue weighted by Gasteiger charge is 2.20. The zero-order valence-corrected chi connectivity index (χ0v) is 34.1. The van der Waals surface area contributed by atoms with Crippen LogP contribution in [0.2, 0.25) is 0 Å². The Kier molecular flexibility index (Phi) is 41.4. The molecule has 2 unspecified atom stereocenters. The molecule has 298 valence electrons. The van der Waals surface area contributed by atoms with Crippen LogP contribution in [0.3, 0.4) is 0 Å². The van der Waals surface area contributed by atoms with E-state index in [1.165, 1.54) is 148 Å². The van der Waals surface area contributed by atoms with Gasteiger partial charge in [-0.2, -0.15) is 0 Å². The molecule has 0 saturated heterocycles. The van der Waals surface area contributed by atoms with E-state index in [1.807, 2.05) is 0 Å². The van der Waals surface area contributed by atoms with Gasteiger partial charge in [0.25, 0.3) is 0 Å². The Morgan fingerprint density at radius 2 is 0.863 bits per heavy atom. The molecule has 0 aliphatic carbocycles. The highest BCUT2D eigenvalue weighted by Crippen LogP contribution is 2.16. The fourth-order valence-electron chi connectivity index (χ4n) is 6.70. The molecule has 0 heterocycles. The Bertz CT molecular complexity index is 816. The Morgan fingerprint density at radius 3 is 1.29 bits per heavy atom. The molecule has 2 atom stereocenters. The summed E-state index contributed by atoms with van der Waals surface area (Å²) in [4.78, 5) is 12.4. The first-order chi connectivity index (χ1) is 25.2. The largest absolute Gasteiger partial charge is 0.394 e. The maximum Gasteiger partial charge on any atom is 0.220 e. The Balaban J connectivity index is 3.55. The minimum Gasteiger partial charge on any atom is -0.394 e. The average molecular weight is 714 g/mol. The lowest BCUT2D eigenvalue weighted by Gasteiger charge is -2.22. The molecule has 0 saturated carbocycles. The second-order valence-electron chi connectivity index (χ2n) is 15.1. The van der Waals surface area contributed by atoms with E-state index in [-0.39, 0.29) is 12.5 Å². The third kappa shape index (κ3) is 39.4. The third-order valence-corrected chi connectivity index (χ3v) is 10.1. The number of unbranched alkanes of at least 4 members (excludes halogenated alkanes) is 25. The molecule has 0 aliphatic heterocycles. The number of allylic oxidation sites excluding steroid dienone is 8. The summed E-state index contributed by atoms with van der Waals surface area (Å²) in [5.41, 5.74) is 0. The lowest BCUT2D eigenvalue weighted by atomic mass is 10.0. The molecule has 0 bridgehead atoms. The topological polar surface area (TPSA) is 69.6 Å². The lowest BCUT2D eigenvalue weighted by Crippen LogP contribution is -2.45. The van der Waals surface area contributed by atoms with Gasteiger partial charge in [-0.25, -0.2) is 0 Å². The maximum atomic E-state index is 12.4. The van der Waals surface area contributed by atoms with Crippen LogP contribution in [0.5, 0.6) is 0 Å². The van der Waals surface area contributed by atoms with Gasteiger partial charge in [0, 0.05) is 6.42 Å². The van der Waals surface area contributed by atoms with Gasteiger partial charge in [0.2, 0.25) is 5.91 Å². The molecule has 0 fully saturated rings. The van der Waals surface area contributed by atoms with E-state index in [0.717, 1.165) is 51.4 Å². The highest BCUT2D eigenvalue weighted by atomic mass is 16.3. The summed E-state index contributed by atoms with van der Waals surface area (Å²) in [5.74, 6) is -0.0400. The predicted octanol–water partition coefficient (Wildman–Crippen LogP) is 14.0. The van der Waals surface area contributed by atoms with Crippen LogP contribution < -0.4 is 5.32 Å². The van der Waals surface area contributed by atoms with E-state index in [4.69, 9.17) is 0 Å². The first kappa shape index (κ1) is 49.4. The molecule has 0 aromatic rings. The predicted molar refractivity (Wildman–Crippen MR) is 225 cm³/mol. The van der Waals surface area contributed by atoms with Crippen LogP contribution in [0.1, 0.15) is 226 Å². The minimum atomic E-state index is -0.664. The molecule has 0 aromatic heterocycles. The molecular weight excluding hydrogens is 627 g/mol. The second kappa shape index (κ2) is 42.8. The zero-order chi connectivity index (χ0) is 37.1. The number of hydrogen-bond acceptors (Lipinski definition) is 3. The van der Waals surface area contributed by atoms with Crippen LogP contribution in [-0.4, -0.2) is 34.9 Å². The van der Waals surface area contributed by atoms with Crippen LogP contribution in [0.15, 0.2) is 48.6 Å². The van der Waals surface area contributed by atoms with Gasteiger partial charge in [-0.05, 0) is 51.4 Å². The molecular formula is C47H87NO3. The smallest absolute Gasteiger partial charge is 0.220 e. The summed E-state index contributed by atoms with van der Waals surface area (Å²) in [6, 6.07) is -0.542. The Labute approximate surface area is 318 Å². The van der Waals surface area contributed by atoms with E-state index >= 15 is 0 Å². The zero-order valence-electron chi connectivity index (χ0n) is 34.1. The van der Waals surface area contributed by atoms with Crippen molar-refractivity contribution >= 4 is 5.91 Å². The molecule has 3 N–H and O–H groups in total. The summed E-state index contributed by atoms with van der Waals surface area (Å²) in [5, 5.41) is 23.2. The average Bonchev–Trinajstić information content (AvgIpc) is 3.13. The number of carbonyl (C=O) groups excluding carboxylic acids is 1. The maximum absolute atomic E-state index is 12.4. The van der Waals surface area contributed by atoms with E-state index in [1.54, 1.807) is 0 Å². The minimum absolute atomic E-state index is 0.0400. The number of rotatable bonds is 40. The monoisotopic (exact) mass is 714 g/mol. The first-order valence-electron chi connectivity index (χ1n) is 22.3. The van der Waals surface area contributed by atoms with Crippen molar-refractivity contribution in [1.82, 2.24) is 5.32 Å². The molecule has 0 radical (unpaired) electrons. The van der Waals surface area contributed by atoms with Crippen molar-refractivity contribution in [2.24, 2.45) is 0 Å². The molecule has 0 aliphatic rings. The Morgan fingerprint density at radius 1 is 0.490 bits per heavy atom. The van der Waals surface area contributed by atoms with Gasteiger partial charge in [-0.15, -0.1) is 0 Å². The van der Waals surface area contributed by atoms with Gasteiger partial charge in [0.1, 0.15) is 0 Å². The molecule has 4 heteroatoms. The van der Waals surface area contributed by atoms with Gasteiger partial charge in [0.15, 0.2) is 0 Å². The SMILES string of the molecule is CC/C=C\C/C=C\C/C=C\C/C=C\CCCCCCCCCCC(=O)NC(CO)C(O)CCCCCCCCCCCCCCCCCCCC. The second-order valence-corrected chi connectivity index (χ2v) is 15.1. The fraction of sp³-hybridized carbons (Fsp3) is 0.809. The summed E-state index contributed by atoms with van der Waals surface area (Å²) in [6.07, 6.45) is 57.6. The van der Waals surface area contributed by atoms with E-state index < -0.39 is 12.1 Å². The van der Waals surface area contributed by atoms with Crippen molar-refractivity contribution in [1.29, 1.82) is 0 Å². The lowest BCUT2D eigenvalue weighted by molar-refractivity contribution is -0.123. The van der Waals surface area contributed by atoms with Gasteiger partial charge in [0.05, 0.1) is 18.8 Å². The van der Waals surface area contributed by atoms with Crippen molar-refractivity contribution < 1.29 is 15.0 Å². The van der Waals surface area contributed by atoms with E-state index in [9.17, 15) is 15.0 Å². The van der Waals surface area contributed by atoms with Crippen molar-refractivity contribution in [2.75, 3.05) is 6.61 Å². The quantitative estimate of drug-likeness (QED) is 0.0437. The molecule has 51 heavy (non-hydrogen) atoms. The highest BCUT2D eigenvalue weighted by molar-refractivity contribution is 5.76. The molecule has 0 spiro atoms. The fourth-order valence-corrected chi connectivity index (χ4v) is 6.70. The van der Waals surface area contributed by atoms with Crippen molar-refractivity contribution in [2.45, 2.75) is 238 Å². The molecule has 1 amide bonds. The summed E-state index contributed by atoms with van der Waals surface area (Å²) in [6.45, 7) is 4.25. The molecule has 0 rings (SSSR count). The summed E-state index contributed by atoms with van der Waals surface area (Å²) in [7, 11) is 0. The van der Waals surface area contributed by atoms with Crippen LogP contribution in [0.25, 0.3) is 0 Å². The molecule has 0 aromatic carbocycles. The van der Waals surface area contributed by atoms with Crippen LogP contribution in [0.4, 0.5) is 0 Å². The van der Waals surface area contributed by atoms with Gasteiger partial charge < -0.3 is 15.5 Å². The van der Waals surface area contributed by atoms with Gasteiger partial charge in [-0.3, -0.25) is 4.79 Å². The van der Waals surface area contributed by atoms with Crippen molar-refractivity contribution in [3.05, 3.63) is 48.6 Å². The number of hydrogen-bond donors (Lipinski definition) is 3. The van der Waals surface area contributed by atoms with Crippen LogP contribution in [0, 0.1) is 0 Å². The van der Waals surface area contributed by atoms with Crippen molar-refractivity contribution in [3.8, 4) is 0 Å². The number of aliphatic hydroxyl groups excluding tert-OH is 2. The number of aliphatic hydroxyl groups is 2. The summed E-state index contributed by atoms with van der Waals surface area (Å²) < 4.78 is 0. The van der Waals surface area contributed by atoms with Crippen LogP contribution >= 0.6 is 0 Å². The summed E-state index contributed by atoms with van der Waals surface area (Å²) >= 11 is 0. The number of nitrogens with one attached hydrogen (secondary N) is 1. The standard InChI is InChI=1S/C47H87NO3/c1-3-5-7-9-11-13-15-17-19-21-23-24-25-27-29-31-33-35-37-39-41-43-47(51)48-45(44-49)46(50)42-40-38-36-34-32-30-28-26-22-20-18-16-14-12-10-8-6-4-2/h5,7,11,13,17,19,23-24,45-46,49-50H,3-4,6,8-10,12,14-16,18,20-22,25-44H2,1-2H3,(H,48,51)/b7-5-,13-11-,19-17-,24-23-. The van der Waals surface area contributed by atoms with Crippen molar-refractivity contribution in [3.63, 3.8) is 0 Å². The van der Waals surface area contributed by atoms with Gasteiger partial charge >= 0.3 is 0 Å². The van der Waals surface area contributed by atoms with E-state index in [2.05, 4.69) is 67.8 Å². The third-order valence-electron chi connectivity index (χ3n) is 10.1. The number of amides is 1. The first-order valence-corrected chi connectivity index (χ1v) is 22.3.